The maximum atomic E-state index is 13.2. The zero-order valence-corrected chi connectivity index (χ0v) is 12.6. The highest BCUT2D eigenvalue weighted by molar-refractivity contribution is 5.36. The lowest BCUT2D eigenvalue weighted by molar-refractivity contribution is -0.0508. The lowest BCUT2D eigenvalue weighted by Gasteiger charge is -2.19. The molecule has 0 aliphatic carbocycles. The highest BCUT2D eigenvalue weighted by Gasteiger charge is 2.16. The molecule has 0 saturated heterocycles. The van der Waals surface area contributed by atoms with E-state index >= 15 is 0 Å². The summed E-state index contributed by atoms with van der Waals surface area (Å²) < 4.78 is 42.5. The van der Waals surface area contributed by atoms with Crippen molar-refractivity contribution < 1.29 is 23.0 Å². The predicted octanol–water partition coefficient (Wildman–Crippen LogP) is 3.77. The van der Waals surface area contributed by atoms with Crippen LogP contribution in [0.15, 0.2) is 42.5 Å². The monoisotopic (exact) mass is 325 g/mol. The summed E-state index contributed by atoms with van der Waals surface area (Å²) in [6.45, 7) is -0.892. The van der Waals surface area contributed by atoms with Crippen molar-refractivity contribution in [1.29, 1.82) is 0 Å². The molecule has 0 fully saturated rings. The molecule has 0 aromatic heterocycles. The molecule has 1 unspecified atom stereocenters. The van der Waals surface area contributed by atoms with Crippen LogP contribution in [-0.2, 0) is 13.2 Å². The first-order chi connectivity index (χ1) is 11.0. The first-order valence-corrected chi connectivity index (χ1v) is 7.16. The quantitative estimate of drug-likeness (QED) is 0.814. The minimum atomic E-state index is -3.02. The van der Waals surface area contributed by atoms with Crippen molar-refractivity contribution in [1.82, 2.24) is 5.32 Å². The van der Waals surface area contributed by atoms with Crippen LogP contribution in [0, 0.1) is 5.82 Å². The van der Waals surface area contributed by atoms with Crippen molar-refractivity contribution in [3.05, 3.63) is 65.0 Å². The normalized spacial score (nSPS) is 12.4. The van der Waals surface area contributed by atoms with Crippen LogP contribution in [0.2, 0.25) is 0 Å². The number of aliphatic hydroxyl groups is 1. The Morgan fingerprint density at radius 1 is 1.13 bits per heavy atom. The van der Waals surface area contributed by atoms with Crippen LogP contribution < -0.4 is 10.1 Å². The van der Waals surface area contributed by atoms with Crippen molar-refractivity contribution in [2.75, 3.05) is 0 Å². The summed E-state index contributed by atoms with van der Waals surface area (Å²) in [6.07, 6.45) is 0. The number of alkyl halides is 2. The van der Waals surface area contributed by atoms with Gasteiger partial charge in [0.1, 0.15) is 11.6 Å². The lowest BCUT2D eigenvalue weighted by atomic mass is 10.0. The first kappa shape index (κ1) is 17.3. The van der Waals surface area contributed by atoms with Gasteiger partial charge in [-0.3, -0.25) is 0 Å². The Morgan fingerprint density at radius 3 is 2.48 bits per heavy atom. The number of halogens is 3. The van der Waals surface area contributed by atoms with Crippen molar-refractivity contribution in [3.8, 4) is 5.75 Å². The molecule has 3 nitrogen and oxygen atoms in total. The van der Waals surface area contributed by atoms with E-state index in [9.17, 15) is 18.3 Å². The molecule has 0 bridgehead atoms. The average Bonchev–Trinajstić information content (AvgIpc) is 2.52. The molecule has 0 saturated carbocycles. The van der Waals surface area contributed by atoms with E-state index in [0.29, 0.717) is 12.1 Å². The van der Waals surface area contributed by atoms with E-state index in [1.807, 2.05) is 24.3 Å². The van der Waals surface area contributed by atoms with Crippen LogP contribution in [0.1, 0.15) is 29.7 Å². The molecule has 2 aromatic rings. The van der Waals surface area contributed by atoms with Gasteiger partial charge in [0.2, 0.25) is 0 Å². The van der Waals surface area contributed by atoms with Gasteiger partial charge in [-0.15, -0.1) is 0 Å². The highest BCUT2D eigenvalue weighted by atomic mass is 19.3. The standard InChI is InChI=1S/C17H18F3NO2/c1-11(21-9-12-4-2-3-5-13(12)10-22)15-7-6-14(18)8-16(15)23-17(19)20/h2-8,11,17,21-22H,9-10H2,1H3. The van der Waals surface area contributed by atoms with Gasteiger partial charge in [0, 0.05) is 24.2 Å². The van der Waals surface area contributed by atoms with E-state index in [4.69, 9.17) is 0 Å². The van der Waals surface area contributed by atoms with Crippen LogP contribution in [-0.4, -0.2) is 11.7 Å². The van der Waals surface area contributed by atoms with Crippen molar-refractivity contribution in [2.45, 2.75) is 32.7 Å². The number of ether oxygens (including phenoxy) is 1. The number of nitrogens with one attached hydrogen (secondary N) is 1. The number of aliphatic hydroxyl groups excluding tert-OH is 1. The van der Waals surface area contributed by atoms with E-state index in [1.54, 1.807) is 6.92 Å². The fraction of sp³-hybridized carbons (Fsp3) is 0.294. The van der Waals surface area contributed by atoms with Crippen LogP contribution in [0.3, 0.4) is 0 Å². The molecular formula is C17H18F3NO2. The summed E-state index contributed by atoms with van der Waals surface area (Å²) in [4.78, 5) is 0. The third-order valence-electron chi connectivity index (χ3n) is 3.55. The Bertz CT molecular complexity index is 649. The van der Waals surface area contributed by atoms with Gasteiger partial charge in [0.05, 0.1) is 6.61 Å². The molecule has 124 valence electrons. The summed E-state index contributed by atoms with van der Waals surface area (Å²) in [7, 11) is 0. The third-order valence-corrected chi connectivity index (χ3v) is 3.55. The van der Waals surface area contributed by atoms with Crippen LogP contribution in [0.25, 0.3) is 0 Å². The maximum absolute atomic E-state index is 13.2. The van der Waals surface area contributed by atoms with Crippen LogP contribution >= 0.6 is 0 Å². The van der Waals surface area contributed by atoms with E-state index in [-0.39, 0.29) is 18.4 Å². The van der Waals surface area contributed by atoms with E-state index < -0.39 is 12.4 Å². The van der Waals surface area contributed by atoms with Gasteiger partial charge in [0.25, 0.3) is 0 Å². The molecule has 2 rings (SSSR count). The molecule has 23 heavy (non-hydrogen) atoms. The topological polar surface area (TPSA) is 41.5 Å². The summed E-state index contributed by atoms with van der Waals surface area (Å²) >= 11 is 0. The summed E-state index contributed by atoms with van der Waals surface area (Å²) in [5, 5.41) is 12.5. The second kappa shape index (κ2) is 7.99. The third kappa shape index (κ3) is 4.71. The van der Waals surface area contributed by atoms with E-state index in [0.717, 1.165) is 17.2 Å². The number of benzene rings is 2. The molecule has 0 amide bonds. The second-order valence-electron chi connectivity index (χ2n) is 5.09. The van der Waals surface area contributed by atoms with Gasteiger partial charge < -0.3 is 15.2 Å². The van der Waals surface area contributed by atoms with Gasteiger partial charge in [0.15, 0.2) is 0 Å². The number of hydrogen-bond acceptors (Lipinski definition) is 3. The van der Waals surface area contributed by atoms with Gasteiger partial charge in [-0.05, 0) is 24.1 Å². The van der Waals surface area contributed by atoms with Gasteiger partial charge in [-0.2, -0.15) is 8.78 Å². The summed E-state index contributed by atoms with van der Waals surface area (Å²) in [5.41, 5.74) is 2.13. The Morgan fingerprint density at radius 2 is 1.83 bits per heavy atom. The van der Waals surface area contributed by atoms with Crippen LogP contribution in [0.5, 0.6) is 5.75 Å². The predicted molar refractivity (Wildman–Crippen MR) is 80.7 cm³/mol. The summed E-state index contributed by atoms with van der Waals surface area (Å²) in [5.74, 6) is -0.822. The Kier molecular flexibility index (Phi) is 6.01. The largest absolute Gasteiger partial charge is 0.434 e. The molecule has 0 aliphatic rings. The molecule has 0 spiro atoms. The Balaban J connectivity index is 2.12. The van der Waals surface area contributed by atoms with Gasteiger partial charge in [-0.25, -0.2) is 4.39 Å². The Labute approximate surface area is 132 Å². The fourth-order valence-corrected chi connectivity index (χ4v) is 2.32. The lowest BCUT2D eigenvalue weighted by Crippen LogP contribution is -2.20. The molecular weight excluding hydrogens is 307 g/mol. The SMILES string of the molecule is CC(NCc1ccccc1CO)c1ccc(F)cc1OC(F)F. The molecule has 1 atom stereocenters. The zero-order valence-electron chi connectivity index (χ0n) is 12.6. The molecule has 0 heterocycles. The Hall–Kier alpha value is -2.05. The minimum absolute atomic E-state index is 0.0808. The molecule has 6 heteroatoms. The number of rotatable bonds is 7. The zero-order chi connectivity index (χ0) is 16.8. The van der Waals surface area contributed by atoms with Crippen molar-refractivity contribution >= 4 is 0 Å². The molecule has 0 radical (unpaired) electrons. The van der Waals surface area contributed by atoms with E-state index in [1.165, 1.54) is 12.1 Å². The molecule has 2 aromatic carbocycles. The highest BCUT2D eigenvalue weighted by Crippen LogP contribution is 2.28. The van der Waals surface area contributed by atoms with Crippen molar-refractivity contribution in [2.24, 2.45) is 0 Å². The van der Waals surface area contributed by atoms with Crippen molar-refractivity contribution in [3.63, 3.8) is 0 Å². The fourth-order valence-electron chi connectivity index (χ4n) is 2.32. The first-order valence-electron chi connectivity index (χ1n) is 7.16. The molecule has 0 aliphatic heterocycles. The smallest absolute Gasteiger partial charge is 0.387 e. The maximum Gasteiger partial charge on any atom is 0.387 e. The summed E-state index contributed by atoms with van der Waals surface area (Å²) in [6, 6.07) is 10.6. The van der Waals surface area contributed by atoms with E-state index in [2.05, 4.69) is 10.1 Å². The van der Waals surface area contributed by atoms with Crippen LogP contribution in [0.4, 0.5) is 13.2 Å². The van der Waals surface area contributed by atoms with Gasteiger partial charge >= 0.3 is 6.61 Å². The average molecular weight is 325 g/mol. The minimum Gasteiger partial charge on any atom is -0.434 e. The van der Waals surface area contributed by atoms with Gasteiger partial charge in [-0.1, -0.05) is 30.3 Å². The number of hydrogen-bond donors (Lipinski definition) is 2. The molecule has 2 N–H and O–H groups in total. The second-order valence-corrected chi connectivity index (χ2v) is 5.09.